The van der Waals surface area contributed by atoms with E-state index in [1.807, 2.05) is 0 Å². The van der Waals surface area contributed by atoms with Crippen molar-refractivity contribution in [1.29, 1.82) is 0 Å². The third kappa shape index (κ3) is 2.72. The number of sulfonamides is 1. The molecule has 1 heterocycles. The summed E-state index contributed by atoms with van der Waals surface area (Å²) in [5, 5.41) is 3.69. The van der Waals surface area contributed by atoms with Crippen LogP contribution in [0.1, 0.15) is 0 Å². The SMILES string of the molecule is C=Nc1nc(-c2ccccc2NS(C)(=O)=O)no1. The molecule has 0 unspecified atom stereocenters. The van der Waals surface area contributed by atoms with E-state index in [4.69, 9.17) is 4.52 Å². The van der Waals surface area contributed by atoms with E-state index in [0.29, 0.717) is 11.3 Å². The van der Waals surface area contributed by atoms with Gasteiger partial charge in [-0.15, -0.1) is 0 Å². The number of benzene rings is 1. The molecule has 0 radical (unpaired) electrons. The highest BCUT2D eigenvalue weighted by Crippen LogP contribution is 2.27. The highest BCUT2D eigenvalue weighted by molar-refractivity contribution is 7.92. The molecular weight excluding hydrogens is 256 g/mol. The maximum absolute atomic E-state index is 11.2. The fraction of sp³-hybridized carbons (Fsp3) is 0.100. The van der Waals surface area contributed by atoms with Gasteiger partial charge in [0.05, 0.1) is 11.9 Å². The van der Waals surface area contributed by atoms with Crippen LogP contribution in [0.25, 0.3) is 11.4 Å². The summed E-state index contributed by atoms with van der Waals surface area (Å²) < 4.78 is 29.6. The third-order valence-electron chi connectivity index (χ3n) is 2.01. The fourth-order valence-corrected chi connectivity index (χ4v) is 1.93. The van der Waals surface area contributed by atoms with Gasteiger partial charge in [0.25, 0.3) is 0 Å². The van der Waals surface area contributed by atoms with Crippen molar-refractivity contribution < 1.29 is 12.9 Å². The summed E-state index contributed by atoms with van der Waals surface area (Å²) in [5.74, 6) is 0.240. The van der Waals surface area contributed by atoms with Gasteiger partial charge < -0.3 is 4.52 Å². The van der Waals surface area contributed by atoms with Gasteiger partial charge in [0.2, 0.25) is 15.8 Å². The second kappa shape index (κ2) is 4.57. The fourth-order valence-electron chi connectivity index (χ4n) is 1.36. The summed E-state index contributed by atoms with van der Waals surface area (Å²) in [4.78, 5) is 7.44. The summed E-state index contributed by atoms with van der Waals surface area (Å²) in [6.07, 6.45) is 1.07. The quantitative estimate of drug-likeness (QED) is 0.844. The van der Waals surface area contributed by atoms with Crippen LogP contribution in [0.4, 0.5) is 11.7 Å². The summed E-state index contributed by atoms with van der Waals surface area (Å²) in [5.41, 5.74) is 0.873. The lowest BCUT2D eigenvalue weighted by Gasteiger charge is -2.06. The lowest BCUT2D eigenvalue weighted by molar-refractivity contribution is 0.430. The lowest BCUT2D eigenvalue weighted by atomic mass is 10.2. The van der Waals surface area contributed by atoms with Gasteiger partial charge in [-0.25, -0.2) is 13.4 Å². The van der Waals surface area contributed by atoms with Gasteiger partial charge in [0.15, 0.2) is 0 Å². The molecule has 0 fully saturated rings. The van der Waals surface area contributed by atoms with Gasteiger partial charge in [-0.2, -0.15) is 4.98 Å². The maximum atomic E-state index is 11.2. The van der Waals surface area contributed by atoms with Gasteiger partial charge in [-0.1, -0.05) is 17.3 Å². The predicted octanol–water partition coefficient (Wildman–Crippen LogP) is 1.44. The van der Waals surface area contributed by atoms with Crippen molar-refractivity contribution in [3.05, 3.63) is 24.3 Å². The van der Waals surface area contributed by atoms with Crippen LogP contribution < -0.4 is 4.72 Å². The molecule has 8 heteroatoms. The zero-order valence-corrected chi connectivity index (χ0v) is 10.3. The molecule has 0 saturated carbocycles. The molecule has 1 aromatic heterocycles. The number of aliphatic imine (C=N–C) groups is 1. The van der Waals surface area contributed by atoms with Crippen LogP contribution in [-0.4, -0.2) is 31.5 Å². The zero-order chi connectivity index (χ0) is 13.2. The summed E-state index contributed by atoms with van der Waals surface area (Å²) >= 11 is 0. The van der Waals surface area contributed by atoms with Gasteiger partial charge in [-0.3, -0.25) is 4.72 Å². The van der Waals surface area contributed by atoms with Crippen molar-refractivity contribution in [2.24, 2.45) is 4.99 Å². The Morgan fingerprint density at radius 3 is 2.72 bits per heavy atom. The Bertz CT molecular complexity index is 678. The monoisotopic (exact) mass is 266 g/mol. The average Bonchev–Trinajstić information content (AvgIpc) is 2.76. The van der Waals surface area contributed by atoms with Crippen molar-refractivity contribution in [3.63, 3.8) is 0 Å². The number of nitrogens with one attached hydrogen (secondary N) is 1. The highest BCUT2D eigenvalue weighted by atomic mass is 32.2. The second-order valence-corrected chi connectivity index (χ2v) is 5.23. The molecule has 1 N–H and O–H groups in total. The molecule has 0 saturated heterocycles. The first kappa shape index (κ1) is 12.2. The zero-order valence-electron chi connectivity index (χ0n) is 9.49. The van der Waals surface area contributed by atoms with E-state index in [-0.39, 0.29) is 11.8 Å². The first-order chi connectivity index (χ1) is 8.49. The topological polar surface area (TPSA) is 97.5 Å². The molecule has 0 spiro atoms. The van der Waals surface area contributed by atoms with E-state index < -0.39 is 10.0 Å². The molecule has 0 aliphatic carbocycles. The van der Waals surface area contributed by atoms with Crippen molar-refractivity contribution in [2.75, 3.05) is 11.0 Å². The molecule has 0 amide bonds. The average molecular weight is 266 g/mol. The number of rotatable bonds is 4. The molecule has 0 atom stereocenters. The molecule has 7 nitrogen and oxygen atoms in total. The summed E-state index contributed by atoms with van der Waals surface area (Å²) in [6.45, 7) is 3.26. The van der Waals surface area contributed by atoms with E-state index in [9.17, 15) is 8.42 Å². The number of para-hydroxylation sites is 1. The van der Waals surface area contributed by atoms with Crippen LogP contribution >= 0.6 is 0 Å². The molecule has 0 aliphatic rings. The van der Waals surface area contributed by atoms with Crippen LogP contribution in [0.3, 0.4) is 0 Å². The minimum Gasteiger partial charge on any atom is -0.313 e. The predicted molar refractivity (Wildman–Crippen MR) is 67.4 cm³/mol. The smallest absolute Gasteiger partial charge is 0.313 e. The molecule has 0 bridgehead atoms. The Kier molecular flexibility index (Phi) is 3.11. The van der Waals surface area contributed by atoms with E-state index in [1.54, 1.807) is 24.3 Å². The molecule has 0 aliphatic heterocycles. The third-order valence-corrected chi connectivity index (χ3v) is 2.60. The Labute approximate surface area is 104 Å². The van der Waals surface area contributed by atoms with Crippen LogP contribution in [0.15, 0.2) is 33.8 Å². The Morgan fingerprint density at radius 2 is 2.11 bits per heavy atom. The van der Waals surface area contributed by atoms with Crippen molar-refractivity contribution in [1.82, 2.24) is 10.1 Å². The largest absolute Gasteiger partial charge is 0.347 e. The molecular formula is C10H10N4O3S. The highest BCUT2D eigenvalue weighted by Gasteiger charge is 2.13. The second-order valence-electron chi connectivity index (χ2n) is 3.48. The first-order valence-corrected chi connectivity index (χ1v) is 6.76. The molecule has 2 aromatic rings. The Morgan fingerprint density at radius 1 is 1.39 bits per heavy atom. The Hall–Kier alpha value is -2.22. The molecule has 94 valence electrons. The molecule has 1 aromatic carbocycles. The summed E-state index contributed by atoms with van der Waals surface area (Å²) in [6, 6.07) is 6.74. The van der Waals surface area contributed by atoms with E-state index in [1.165, 1.54) is 0 Å². The number of hydrogen-bond acceptors (Lipinski definition) is 6. The van der Waals surface area contributed by atoms with Gasteiger partial charge in [0, 0.05) is 5.56 Å². The number of anilines is 1. The molecule has 18 heavy (non-hydrogen) atoms. The number of aromatic nitrogens is 2. The van der Waals surface area contributed by atoms with E-state index >= 15 is 0 Å². The number of hydrogen-bond donors (Lipinski definition) is 1. The maximum Gasteiger partial charge on any atom is 0.347 e. The van der Waals surface area contributed by atoms with Gasteiger partial charge in [-0.05, 0) is 18.9 Å². The normalized spacial score (nSPS) is 11.2. The van der Waals surface area contributed by atoms with Crippen molar-refractivity contribution >= 4 is 28.4 Å². The minimum atomic E-state index is -3.38. The first-order valence-electron chi connectivity index (χ1n) is 4.87. The van der Waals surface area contributed by atoms with Crippen molar-refractivity contribution in [2.45, 2.75) is 0 Å². The van der Waals surface area contributed by atoms with Crippen LogP contribution in [0.5, 0.6) is 0 Å². The number of nitrogens with zero attached hydrogens (tertiary/aromatic N) is 3. The van der Waals surface area contributed by atoms with Crippen LogP contribution in [-0.2, 0) is 10.0 Å². The van der Waals surface area contributed by atoms with E-state index in [0.717, 1.165) is 6.26 Å². The van der Waals surface area contributed by atoms with Gasteiger partial charge in [0.1, 0.15) is 0 Å². The van der Waals surface area contributed by atoms with Crippen LogP contribution in [0.2, 0.25) is 0 Å². The summed E-state index contributed by atoms with van der Waals surface area (Å²) in [7, 11) is -3.38. The standard InChI is InChI=1S/C10H10N4O3S/c1-11-10-12-9(13-17-10)7-5-3-4-6-8(7)14-18(2,15)16/h3-6,14H,1H2,2H3. The lowest BCUT2D eigenvalue weighted by Crippen LogP contribution is -2.10. The minimum absolute atomic E-state index is 0.0270. The van der Waals surface area contributed by atoms with E-state index in [2.05, 4.69) is 26.6 Å². The van der Waals surface area contributed by atoms with Crippen LogP contribution in [0, 0.1) is 0 Å². The van der Waals surface area contributed by atoms with Gasteiger partial charge >= 0.3 is 6.01 Å². The van der Waals surface area contributed by atoms with Crippen molar-refractivity contribution in [3.8, 4) is 11.4 Å². The molecule has 2 rings (SSSR count). The Balaban J connectivity index is 2.47.